The Bertz CT molecular complexity index is 3930. The Morgan fingerprint density at radius 1 is 0.286 bits per heavy atom. The van der Waals surface area contributed by atoms with E-state index in [4.69, 9.17) is 18.9 Å². The van der Waals surface area contributed by atoms with E-state index in [9.17, 15) is 23.2 Å². The standard InChI is InChI=1S/C69H46F8O7/c1-66(2,84-62-37-11-44(12-38-62)43-9-29-56(30-10-43)81-57-31-15-49(16-32-57)64(79)46-5-25-54(70)26-6-46)51-19-3-45(4-20-51)63(78)48-13-33-58(34-14-48)82-60-39-21-52(22-40-60)67(68(72,73)74,69(75,76)77)53-23-41-61(42-24-53)83-59-35-17-50(18-36-59)65(80)47-7-27-55(71)28-8-47/h3-42H,1-2H3. The van der Waals surface area contributed by atoms with Gasteiger partial charge in [-0.2, -0.15) is 26.3 Å². The highest BCUT2D eigenvalue weighted by molar-refractivity contribution is 6.10. The van der Waals surface area contributed by atoms with Crippen molar-refractivity contribution in [1.29, 1.82) is 0 Å². The Kier molecular flexibility index (Phi) is 15.9. The lowest BCUT2D eigenvalue weighted by molar-refractivity contribution is -0.288. The van der Waals surface area contributed by atoms with E-state index in [-0.39, 0.29) is 51.3 Å². The molecule has 0 spiro atoms. The number of alkyl halides is 6. The van der Waals surface area contributed by atoms with Gasteiger partial charge in [-0.3, -0.25) is 14.4 Å². The lowest BCUT2D eigenvalue weighted by Gasteiger charge is -2.38. The first-order chi connectivity index (χ1) is 40.1. The molecule has 0 unspecified atom stereocenters. The maximum absolute atomic E-state index is 15.0. The number of carbonyl (C=O) groups is 3. The number of hydrogen-bond acceptors (Lipinski definition) is 7. The van der Waals surface area contributed by atoms with Crippen molar-refractivity contribution < 1.29 is 68.5 Å². The summed E-state index contributed by atoms with van der Waals surface area (Å²) in [7, 11) is 0. The predicted molar refractivity (Wildman–Crippen MR) is 300 cm³/mol. The van der Waals surface area contributed by atoms with Crippen LogP contribution in [0.3, 0.4) is 0 Å². The second-order valence-corrected chi connectivity index (χ2v) is 19.9. The van der Waals surface area contributed by atoms with Crippen LogP contribution < -0.4 is 18.9 Å². The zero-order chi connectivity index (χ0) is 59.4. The van der Waals surface area contributed by atoms with Crippen LogP contribution in [-0.2, 0) is 11.0 Å². The molecule has 0 radical (unpaired) electrons. The summed E-state index contributed by atoms with van der Waals surface area (Å²) in [5.74, 6) is 0.0177. The van der Waals surface area contributed by atoms with Gasteiger partial charge in [0.05, 0.1) is 0 Å². The summed E-state index contributed by atoms with van der Waals surface area (Å²) in [5.41, 5.74) is -2.89. The van der Waals surface area contributed by atoms with Crippen LogP contribution in [-0.4, -0.2) is 29.7 Å². The fraction of sp³-hybridized carbons (Fsp3) is 0.0870. The average molecular weight is 1140 g/mol. The number of ether oxygens (including phenoxy) is 4. The average Bonchev–Trinajstić information content (AvgIpc) is 0.953. The Balaban J connectivity index is 0.735. The largest absolute Gasteiger partial charge is 0.483 e. The first-order valence-corrected chi connectivity index (χ1v) is 26.0. The molecule has 0 N–H and O–H groups in total. The summed E-state index contributed by atoms with van der Waals surface area (Å²) in [6, 6.07) is 57.3. The van der Waals surface area contributed by atoms with E-state index < -0.39 is 51.9 Å². The molecule has 0 saturated carbocycles. The van der Waals surface area contributed by atoms with Gasteiger partial charge in [0.25, 0.3) is 0 Å². The smallest absolute Gasteiger partial charge is 0.411 e. The van der Waals surface area contributed by atoms with Gasteiger partial charge in [0.1, 0.15) is 57.5 Å². The summed E-state index contributed by atoms with van der Waals surface area (Å²) in [5, 5.41) is 0. The number of ketones is 3. The Labute approximate surface area is 476 Å². The van der Waals surface area contributed by atoms with Crippen molar-refractivity contribution in [1.82, 2.24) is 0 Å². The molecule has 10 aromatic rings. The number of rotatable bonds is 18. The Hall–Kier alpha value is -10.2. The van der Waals surface area contributed by atoms with Gasteiger partial charge < -0.3 is 18.9 Å². The lowest BCUT2D eigenvalue weighted by Crippen LogP contribution is -2.54. The van der Waals surface area contributed by atoms with Crippen LogP contribution in [0.15, 0.2) is 243 Å². The molecule has 15 heteroatoms. The van der Waals surface area contributed by atoms with E-state index >= 15 is 26.3 Å². The molecule has 0 aliphatic carbocycles. The number of halogens is 8. The minimum atomic E-state index is -5.86. The van der Waals surface area contributed by atoms with E-state index in [2.05, 4.69) is 0 Å². The highest BCUT2D eigenvalue weighted by Crippen LogP contribution is 2.56. The van der Waals surface area contributed by atoms with Gasteiger partial charge in [-0.1, -0.05) is 72.8 Å². The molecule has 0 aliphatic rings. The highest BCUT2D eigenvalue weighted by atomic mass is 19.4. The zero-order valence-electron chi connectivity index (χ0n) is 44.5. The summed E-state index contributed by atoms with van der Waals surface area (Å²) in [4.78, 5) is 39.1. The van der Waals surface area contributed by atoms with E-state index in [0.29, 0.717) is 58.2 Å². The van der Waals surface area contributed by atoms with Crippen molar-refractivity contribution in [2.75, 3.05) is 0 Å². The molecule has 0 bridgehead atoms. The van der Waals surface area contributed by atoms with Gasteiger partial charge in [-0.25, -0.2) is 8.78 Å². The van der Waals surface area contributed by atoms with Crippen LogP contribution in [0.1, 0.15) is 78.3 Å². The van der Waals surface area contributed by atoms with Crippen LogP contribution in [0.4, 0.5) is 35.1 Å². The van der Waals surface area contributed by atoms with Crippen molar-refractivity contribution in [2.45, 2.75) is 37.2 Å². The molecular formula is C69H46F8O7. The van der Waals surface area contributed by atoms with E-state index in [0.717, 1.165) is 53.1 Å². The van der Waals surface area contributed by atoms with Crippen LogP contribution in [0.25, 0.3) is 11.1 Å². The second-order valence-electron chi connectivity index (χ2n) is 19.9. The summed E-state index contributed by atoms with van der Waals surface area (Å²) in [6.45, 7) is 3.79. The molecule has 0 aliphatic heterocycles. The third-order valence-electron chi connectivity index (χ3n) is 14.0. The first kappa shape index (κ1) is 57.1. The first-order valence-electron chi connectivity index (χ1n) is 26.0. The Morgan fingerprint density at radius 2 is 0.500 bits per heavy atom. The quantitative estimate of drug-likeness (QED) is 0.0625. The van der Waals surface area contributed by atoms with Crippen LogP contribution in [0.2, 0.25) is 0 Å². The molecule has 84 heavy (non-hydrogen) atoms. The van der Waals surface area contributed by atoms with Crippen molar-refractivity contribution in [3.8, 4) is 51.4 Å². The molecule has 0 amide bonds. The minimum Gasteiger partial charge on any atom is -0.483 e. The molecule has 7 nitrogen and oxygen atoms in total. The van der Waals surface area contributed by atoms with E-state index in [1.54, 1.807) is 48.5 Å². The van der Waals surface area contributed by atoms with Crippen LogP contribution in [0.5, 0.6) is 40.2 Å². The van der Waals surface area contributed by atoms with Gasteiger partial charge >= 0.3 is 12.4 Å². The fourth-order valence-electron chi connectivity index (χ4n) is 9.47. The minimum absolute atomic E-state index is 0.0681. The molecule has 10 aromatic carbocycles. The third kappa shape index (κ3) is 12.4. The fourth-order valence-corrected chi connectivity index (χ4v) is 9.47. The third-order valence-corrected chi connectivity index (χ3v) is 14.0. The normalized spacial score (nSPS) is 11.8. The molecule has 0 atom stereocenters. The summed E-state index contributed by atoms with van der Waals surface area (Å²) >= 11 is 0. The predicted octanol–water partition coefficient (Wildman–Crippen LogP) is 18.4. The highest BCUT2D eigenvalue weighted by Gasteiger charge is 2.72. The molecule has 420 valence electrons. The Morgan fingerprint density at radius 3 is 0.774 bits per heavy atom. The lowest BCUT2D eigenvalue weighted by atomic mass is 9.73. The van der Waals surface area contributed by atoms with Gasteiger partial charge in [-0.15, -0.1) is 0 Å². The maximum atomic E-state index is 15.0. The number of hydrogen-bond donors (Lipinski definition) is 0. The van der Waals surface area contributed by atoms with Crippen molar-refractivity contribution in [3.63, 3.8) is 0 Å². The van der Waals surface area contributed by atoms with Gasteiger partial charge in [-0.05, 0) is 212 Å². The molecule has 0 saturated heterocycles. The van der Waals surface area contributed by atoms with Gasteiger partial charge in [0, 0.05) is 33.4 Å². The maximum Gasteiger partial charge on any atom is 0.411 e. The van der Waals surface area contributed by atoms with Crippen molar-refractivity contribution in [2.24, 2.45) is 0 Å². The van der Waals surface area contributed by atoms with Crippen molar-refractivity contribution >= 4 is 17.3 Å². The SMILES string of the molecule is CC(C)(Oc1ccc(-c2ccc(Oc3ccc(C(=O)c4ccc(F)cc4)cc3)cc2)cc1)c1ccc(C(=O)c2ccc(Oc3ccc(C(c4ccc(Oc5ccc(C(=O)c6ccc(F)cc6)cc5)cc4)(C(F)(F)F)C(F)(F)F)cc3)cc2)cc1. The summed E-state index contributed by atoms with van der Waals surface area (Å²) in [6.07, 6.45) is -11.7. The molecule has 0 aromatic heterocycles. The van der Waals surface area contributed by atoms with Crippen molar-refractivity contribution in [3.05, 3.63) is 304 Å². The number of carbonyl (C=O) groups excluding carboxylic acids is 3. The monoisotopic (exact) mass is 1140 g/mol. The topological polar surface area (TPSA) is 88.1 Å². The molecule has 0 fully saturated rings. The van der Waals surface area contributed by atoms with Crippen LogP contribution in [0, 0.1) is 11.6 Å². The second kappa shape index (κ2) is 23.4. The van der Waals surface area contributed by atoms with E-state index in [1.165, 1.54) is 84.9 Å². The molecule has 0 heterocycles. The number of benzene rings is 10. The molecular weight excluding hydrogens is 1090 g/mol. The molecule has 10 rings (SSSR count). The van der Waals surface area contributed by atoms with Crippen LogP contribution >= 0.6 is 0 Å². The van der Waals surface area contributed by atoms with E-state index in [1.807, 2.05) is 62.4 Å². The van der Waals surface area contributed by atoms with Gasteiger partial charge in [0.15, 0.2) is 17.3 Å². The van der Waals surface area contributed by atoms with Gasteiger partial charge in [0.2, 0.25) is 5.41 Å². The summed E-state index contributed by atoms with van der Waals surface area (Å²) < 4.78 is 141. The zero-order valence-corrected chi connectivity index (χ0v) is 44.5.